The Morgan fingerprint density at radius 2 is 2.06 bits per heavy atom. The molecule has 1 unspecified atom stereocenters. The molecule has 1 aromatic carbocycles. The lowest BCUT2D eigenvalue weighted by molar-refractivity contribution is -0.138. The third kappa shape index (κ3) is 1.37. The predicted molar refractivity (Wildman–Crippen MR) is 58.3 cm³/mol. The van der Waals surface area contributed by atoms with Crippen LogP contribution in [0.3, 0.4) is 0 Å². The van der Waals surface area contributed by atoms with Gasteiger partial charge in [-0.05, 0) is 24.1 Å². The molecular weight excluding hydrogens is 206 g/mol. The van der Waals surface area contributed by atoms with Gasteiger partial charge >= 0.3 is 0 Å². The Labute approximate surface area is 94.0 Å². The molecule has 0 amide bonds. The van der Waals surface area contributed by atoms with E-state index in [9.17, 15) is 0 Å². The summed E-state index contributed by atoms with van der Waals surface area (Å²) in [5.74, 6) is 1.14. The van der Waals surface area contributed by atoms with Crippen LogP contribution >= 0.6 is 0 Å². The van der Waals surface area contributed by atoms with Gasteiger partial charge in [0.05, 0.1) is 12.6 Å². The van der Waals surface area contributed by atoms with Gasteiger partial charge in [0.1, 0.15) is 0 Å². The third-order valence-electron chi connectivity index (χ3n) is 3.30. The molecule has 1 saturated carbocycles. The number of rotatable bonds is 2. The van der Waals surface area contributed by atoms with Crippen LogP contribution in [0.4, 0.5) is 0 Å². The number of nitrogens with two attached hydrogens (primary N) is 1. The normalized spacial score (nSPS) is 21.9. The van der Waals surface area contributed by atoms with Crippen LogP contribution in [0.15, 0.2) is 18.2 Å². The molecule has 1 aliphatic heterocycles. The molecule has 4 nitrogen and oxygen atoms in total. The zero-order valence-electron chi connectivity index (χ0n) is 8.98. The molecule has 3 rings (SSSR count). The number of benzene rings is 1. The van der Waals surface area contributed by atoms with E-state index in [2.05, 4.69) is 0 Å². The van der Waals surface area contributed by atoms with Gasteiger partial charge in [-0.15, -0.1) is 0 Å². The van der Waals surface area contributed by atoms with Crippen molar-refractivity contribution < 1.29 is 14.6 Å². The highest BCUT2D eigenvalue weighted by atomic mass is 16.7. The first-order chi connectivity index (χ1) is 7.72. The van der Waals surface area contributed by atoms with Gasteiger partial charge in [-0.2, -0.15) is 0 Å². The largest absolute Gasteiger partial charge is 0.448 e. The first kappa shape index (κ1) is 9.93. The molecule has 2 aliphatic rings. The van der Waals surface area contributed by atoms with E-state index in [4.69, 9.17) is 20.3 Å². The lowest BCUT2D eigenvalue weighted by Gasteiger charge is -2.35. The fraction of sp³-hybridized carbons (Fsp3) is 0.500. The van der Waals surface area contributed by atoms with Gasteiger partial charge < -0.3 is 20.3 Å². The fourth-order valence-corrected chi connectivity index (χ4v) is 2.12. The maximum absolute atomic E-state index is 9.00. The van der Waals surface area contributed by atoms with E-state index in [-0.39, 0.29) is 12.6 Å². The maximum Gasteiger partial charge on any atom is 0.251 e. The van der Waals surface area contributed by atoms with Gasteiger partial charge in [0.25, 0.3) is 5.79 Å². The molecule has 1 atom stereocenters. The van der Waals surface area contributed by atoms with Crippen molar-refractivity contribution in [2.75, 3.05) is 6.61 Å². The molecule has 1 fully saturated rings. The Hall–Kier alpha value is -1.26. The first-order valence-corrected chi connectivity index (χ1v) is 5.61. The van der Waals surface area contributed by atoms with Gasteiger partial charge in [0.2, 0.25) is 0 Å². The molecule has 0 radical (unpaired) electrons. The molecule has 86 valence electrons. The van der Waals surface area contributed by atoms with Gasteiger partial charge in [-0.3, -0.25) is 0 Å². The fourth-order valence-electron chi connectivity index (χ4n) is 2.12. The quantitative estimate of drug-likeness (QED) is 0.790. The van der Waals surface area contributed by atoms with Crippen molar-refractivity contribution in [2.45, 2.75) is 31.1 Å². The molecule has 1 aliphatic carbocycles. The monoisotopic (exact) mass is 221 g/mol. The summed E-state index contributed by atoms with van der Waals surface area (Å²) < 4.78 is 11.6. The summed E-state index contributed by atoms with van der Waals surface area (Å²) in [5, 5.41) is 9.00. The van der Waals surface area contributed by atoms with Crippen LogP contribution in [0.1, 0.15) is 30.9 Å². The average molecular weight is 221 g/mol. The molecule has 16 heavy (non-hydrogen) atoms. The molecule has 0 bridgehead atoms. The lowest BCUT2D eigenvalue weighted by Crippen LogP contribution is -2.45. The second kappa shape index (κ2) is 3.37. The number of fused-ring (bicyclic) bond motifs is 1. The van der Waals surface area contributed by atoms with Crippen LogP contribution in [-0.4, -0.2) is 17.5 Å². The Kier molecular flexibility index (Phi) is 2.09. The zero-order valence-corrected chi connectivity index (χ0v) is 8.98. The molecule has 1 spiro atoms. The maximum atomic E-state index is 9.00. The Balaban J connectivity index is 1.88. The number of hydrogen-bond donors (Lipinski definition) is 2. The van der Waals surface area contributed by atoms with E-state index < -0.39 is 5.79 Å². The number of hydrogen-bond acceptors (Lipinski definition) is 4. The summed E-state index contributed by atoms with van der Waals surface area (Å²) in [4.78, 5) is 0. The minimum atomic E-state index is -0.399. The lowest BCUT2D eigenvalue weighted by atomic mass is 9.91. The average Bonchev–Trinajstić information content (AvgIpc) is 2.66. The Morgan fingerprint density at radius 1 is 1.31 bits per heavy atom. The summed E-state index contributed by atoms with van der Waals surface area (Å²) in [6, 6.07) is 5.25. The number of ether oxygens (including phenoxy) is 2. The minimum Gasteiger partial charge on any atom is -0.448 e. The van der Waals surface area contributed by atoms with Crippen LogP contribution in [0.2, 0.25) is 0 Å². The van der Waals surface area contributed by atoms with E-state index in [0.717, 1.165) is 36.3 Å². The van der Waals surface area contributed by atoms with Crippen molar-refractivity contribution in [1.29, 1.82) is 0 Å². The van der Waals surface area contributed by atoms with Crippen LogP contribution in [0, 0.1) is 0 Å². The molecule has 1 aromatic rings. The van der Waals surface area contributed by atoms with Crippen molar-refractivity contribution in [2.24, 2.45) is 5.73 Å². The first-order valence-electron chi connectivity index (χ1n) is 5.61. The van der Waals surface area contributed by atoms with Crippen molar-refractivity contribution in [1.82, 2.24) is 0 Å². The van der Waals surface area contributed by atoms with Gasteiger partial charge in [0, 0.05) is 12.8 Å². The Morgan fingerprint density at radius 3 is 2.69 bits per heavy atom. The second-order valence-corrected chi connectivity index (χ2v) is 4.46. The molecule has 4 heteroatoms. The minimum absolute atomic E-state index is 0.0647. The van der Waals surface area contributed by atoms with E-state index in [1.54, 1.807) is 0 Å². The van der Waals surface area contributed by atoms with Crippen LogP contribution in [-0.2, 0) is 0 Å². The molecular formula is C12H15NO3. The van der Waals surface area contributed by atoms with E-state index in [1.165, 1.54) is 0 Å². The molecule has 3 N–H and O–H groups in total. The van der Waals surface area contributed by atoms with Crippen LogP contribution < -0.4 is 15.2 Å². The third-order valence-corrected chi connectivity index (χ3v) is 3.30. The number of aliphatic hydroxyl groups is 1. The van der Waals surface area contributed by atoms with E-state index >= 15 is 0 Å². The summed E-state index contributed by atoms with van der Waals surface area (Å²) >= 11 is 0. The van der Waals surface area contributed by atoms with Crippen molar-refractivity contribution >= 4 is 0 Å². The summed E-state index contributed by atoms with van der Waals surface area (Å²) in [6.45, 7) is -0.0647. The van der Waals surface area contributed by atoms with Crippen molar-refractivity contribution in [3.05, 3.63) is 23.8 Å². The van der Waals surface area contributed by atoms with Gasteiger partial charge in [-0.25, -0.2) is 0 Å². The molecule has 1 heterocycles. The summed E-state index contributed by atoms with van der Waals surface area (Å²) in [7, 11) is 0. The number of aliphatic hydroxyl groups excluding tert-OH is 1. The van der Waals surface area contributed by atoms with E-state index in [0.29, 0.717) is 0 Å². The second-order valence-electron chi connectivity index (χ2n) is 4.46. The highest BCUT2D eigenvalue weighted by molar-refractivity contribution is 5.47. The smallest absolute Gasteiger partial charge is 0.251 e. The highest BCUT2D eigenvalue weighted by Gasteiger charge is 2.47. The van der Waals surface area contributed by atoms with Gasteiger partial charge in [0.15, 0.2) is 11.5 Å². The van der Waals surface area contributed by atoms with Crippen LogP contribution in [0.5, 0.6) is 11.5 Å². The van der Waals surface area contributed by atoms with Crippen molar-refractivity contribution in [3.8, 4) is 11.5 Å². The molecule has 0 aromatic heterocycles. The van der Waals surface area contributed by atoms with Gasteiger partial charge in [-0.1, -0.05) is 6.07 Å². The van der Waals surface area contributed by atoms with E-state index in [1.807, 2.05) is 18.2 Å². The molecule has 0 saturated heterocycles. The Bertz CT molecular complexity index is 415. The zero-order chi connectivity index (χ0) is 11.2. The van der Waals surface area contributed by atoms with Crippen LogP contribution in [0.25, 0.3) is 0 Å². The predicted octanol–water partition coefficient (Wildman–Crippen LogP) is 1.33. The SMILES string of the molecule is NC(CO)c1ccc2c(c1)OC1(CCC1)O2. The highest BCUT2D eigenvalue weighted by Crippen LogP contribution is 2.48. The van der Waals surface area contributed by atoms with Crippen molar-refractivity contribution in [3.63, 3.8) is 0 Å². The summed E-state index contributed by atoms with van der Waals surface area (Å²) in [5.41, 5.74) is 6.63. The standard InChI is InChI=1S/C12H15NO3/c13-9(7-14)8-2-3-10-11(6-8)16-12(15-10)4-1-5-12/h2-3,6,9,14H,1,4-5,7,13H2. The topological polar surface area (TPSA) is 64.7 Å². The summed E-state index contributed by atoms with van der Waals surface area (Å²) in [6.07, 6.45) is 3.04.